The molecule has 0 amide bonds. The molecule has 0 fully saturated rings. The minimum atomic E-state index is 0.235. The van der Waals surface area contributed by atoms with Gasteiger partial charge in [-0.1, -0.05) is 30.3 Å². The maximum Gasteiger partial charge on any atom is 0.229 e. The van der Waals surface area contributed by atoms with Crippen LogP contribution in [0.2, 0.25) is 0 Å². The van der Waals surface area contributed by atoms with Gasteiger partial charge in [0.15, 0.2) is 5.82 Å². The molecule has 98 valence electrons. The Balaban J connectivity index is 1.76. The van der Waals surface area contributed by atoms with E-state index in [1.807, 2.05) is 37.6 Å². The zero-order valence-corrected chi connectivity index (χ0v) is 11.5. The molecule has 0 atom stereocenters. The second-order valence-corrected chi connectivity index (χ2v) is 5.43. The maximum atomic E-state index is 5.16. The fourth-order valence-electron chi connectivity index (χ4n) is 1.62. The Labute approximate surface area is 114 Å². The topological polar surface area (TPSA) is 69.6 Å². The van der Waals surface area contributed by atoms with E-state index in [1.54, 1.807) is 16.0 Å². The lowest BCUT2D eigenvalue weighted by molar-refractivity contribution is 0.359. The van der Waals surface area contributed by atoms with Crippen LogP contribution < -0.4 is 0 Å². The highest BCUT2D eigenvalue weighted by Gasteiger charge is 2.11. The van der Waals surface area contributed by atoms with Gasteiger partial charge in [-0.3, -0.25) is 0 Å². The molecule has 3 aromatic rings. The first-order valence-corrected chi connectivity index (χ1v) is 6.87. The zero-order valence-electron chi connectivity index (χ0n) is 10.6. The van der Waals surface area contributed by atoms with Crippen LogP contribution in [0.15, 0.2) is 28.2 Å². The minimum absolute atomic E-state index is 0.235. The molecule has 0 aliphatic rings. The van der Waals surface area contributed by atoms with Crippen molar-refractivity contribution in [3.05, 3.63) is 35.4 Å². The van der Waals surface area contributed by atoms with Crippen molar-refractivity contribution in [2.45, 2.75) is 26.3 Å². The predicted octanol–water partition coefficient (Wildman–Crippen LogP) is 2.56. The molecule has 6 nitrogen and oxygen atoms in total. The third-order valence-corrected chi connectivity index (χ3v) is 3.49. The van der Waals surface area contributed by atoms with Crippen LogP contribution in [0, 0.1) is 0 Å². The van der Waals surface area contributed by atoms with Crippen LogP contribution in [0.4, 0.5) is 0 Å². The summed E-state index contributed by atoms with van der Waals surface area (Å²) in [5.41, 5.74) is 0.863. The number of hydrogen-bond donors (Lipinski definition) is 0. The van der Waals surface area contributed by atoms with Gasteiger partial charge in [0.05, 0.1) is 11.1 Å². The lowest BCUT2D eigenvalue weighted by atomic mass is 10.2. The zero-order chi connectivity index (χ0) is 13.2. The van der Waals surface area contributed by atoms with E-state index in [0.717, 1.165) is 10.6 Å². The van der Waals surface area contributed by atoms with Gasteiger partial charge in [-0.25, -0.2) is 4.68 Å². The molecule has 19 heavy (non-hydrogen) atoms. The van der Waals surface area contributed by atoms with E-state index in [4.69, 9.17) is 4.52 Å². The van der Waals surface area contributed by atoms with Crippen LogP contribution in [0.1, 0.15) is 31.5 Å². The quantitative estimate of drug-likeness (QED) is 0.732. The van der Waals surface area contributed by atoms with Crippen molar-refractivity contribution in [3.8, 4) is 10.6 Å². The average Bonchev–Trinajstić information content (AvgIpc) is 3.09. The Morgan fingerprint density at radius 1 is 1.42 bits per heavy atom. The molecule has 3 aromatic heterocycles. The van der Waals surface area contributed by atoms with E-state index in [9.17, 15) is 0 Å². The van der Waals surface area contributed by atoms with Crippen molar-refractivity contribution in [1.29, 1.82) is 0 Å². The molecule has 0 bridgehead atoms. The number of aromatic nitrogens is 5. The lowest BCUT2D eigenvalue weighted by Gasteiger charge is -1.93. The first-order valence-electron chi connectivity index (χ1n) is 5.99. The molecular weight excluding hydrogens is 262 g/mol. The highest BCUT2D eigenvalue weighted by molar-refractivity contribution is 7.13. The summed E-state index contributed by atoms with van der Waals surface area (Å²) in [6.07, 6.45) is 1.89. The molecule has 0 radical (unpaired) electrons. The summed E-state index contributed by atoms with van der Waals surface area (Å²) in [7, 11) is 0. The SMILES string of the molecule is CC(C)c1nc(Cn2cc(-c3cccs3)nn2)no1. The Morgan fingerprint density at radius 2 is 2.32 bits per heavy atom. The molecule has 0 unspecified atom stereocenters. The van der Waals surface area contributed by atoms with Crippen molar-refractivity contribution in [1.82, 2.24) is 25.1 Å². The van der Waals surface area contributed by atoms with Gasteiger partial charge in [-0.2, -0.15) is 4.98 Å². The Hall–Kier alpha value is -2.02. The molecule has 3 rings (SSSR count). The van der Waals surface area contributed by atoms with Crippen molar-refractivity contribution in [2.24, 2.45) is 0 Å². The standard InChI is InChI=1S/C12H13N5OS/c1-8(2)12-13-11(15-18-12)7-17-6-9(14-16-17)10-4-3-5-19-10/h3-6,8H,7H2,1-2H3. The van der Waals surface area contributed by atoms with Crippen molar-refractivity contribution in [2.75, 3.05) is 0 Å². The summed E-state index contributed by atoms with van der Waals surface area (Å²) in [5, 5.41) is 14.2. The highest BCUT2D eigenvalue weighted by atomic mass is 32.1. The monoisotopic (exact) mass is 275 g/mol. The summed E-state index contributed by atoms with van der Waals surface area (Å²) in [5.74, 6) is 1.50. The summed E-state index contributed by atoms with van der Waals surface area (Å²) in [6.45, 7) is 4.50. The van der Waals surface area contributed by atoms with Gasteiger partial charge in [0.1, 0.15) is 12.2 Å². The minimum Gasteiger partial charge on any atom is -0.339 e. The van der Waals surface area contributed by atoms with Crippen LogP contribution in [0.3, 0.4) is 0 Å². The van der Waals surface area contributed by atoms with E-state index in [1.165, 1.54) is 0 Å². The van der Waals surface area contributed by atoms with E-state index in [0.29, 0.717) is 18.3 Å². The van der Waals surface area contributed by atoms with Crippen LogP contribution in [0.5, 0.6) is 0 Å². The van der Waals surface area contributed by atoms with Crippen LogP contribution in [-0.2, 0) is 6.54 Å². The third kappa shape index (κ3) is 2.55. The molecular formula is C12H13N5OS. The first-order chi connectivity index (χ1) is 9.22. The molecule has 3 heterocycles. The van der Waals surface area contributed by atoms with Gasteiger partial charge in [0.25, 0.3) is 0 Å². The average molecular weight is 275 g/mol. The third-order valence-electron chi connectivity index (χ3n) is 2.59. The maximum absolute atomic E-state index is 5.16. The first kappa shape index (κ1) is 12.0. The van der Waals surface area contributed by atoms with Crippen molar-refractivity contribution < 1.29 is 4.52 Å². The molecule has 7 heteroatoms. The fraction of sp³-hybridized carbons (Fsp3) is 0.333. The molecule has 0 aliphatic carbocycles. The highest BCUT2D eigenvalue weighted by Crippen LogP contribution is 2.21. The second-order valence-electron chi connectivity index (χ2n) is 4.48. The molecule has 0 spiro atoms. The normalized spacial score (nSPS) is 11.3. The lowest BCUT2D eigenvalue weighted by Crippen LogP contribution is -2.02. The van der Waals surface area contributed by atoms with Gasteiger partial charge in [0.2, 0.25) is 5.89 Å². The Bertz CT molecular complexity index is 655. The number of thiophene rings is 1. The summed E-state index contributed by atoms with van der Waals surface area (Å²) in [6, 6.07) is 4.01. The molecule has 0 aromatic carbocycles. The van der Waals surface area contributed by atoms with E-state index in [-0.39, 0.29) is 5.92 Å². The van der Waals surface area contributed by atoms with Crippen LogP contribution in [-0.4, -0.2) is 25.1 Å². The van der Waals surface area contributed by atoms with E-state index >= 15 is 0 Å². The number of nitrogens with zero attached hydrogens (tertiary/aromatic N) is 5. The molecule has 0 aliphatic heterocycles. The van der Waals surface area contributed by atoms with Gasteiger partial charge < -0.3 is 4.52 Å². The molecule has 0 saturated carbocycles. The Morgan fingerprint density at radius 3 is 3.00 bits per heavy atom. The molecule has 0 saturated heterocycles. The van der Waals surface area contributed by atoms with Crippen molar-refractivity contribution in [3.63, 3.8) is 0 Å². The van der Waals surface area contributed by atoms with Gasteiger partial charge in [-0.15, -0.1) is 16.4 Å². The number of hydrogen-bond acceptors (Lipinski definition) is 6. The smallest absolute Gasteiger partial charge is 0.229 e. The van der Waals surface area contributed by atoms with Gasteiger partial charge in [0, 0.05) is 5.92 Å². The summed E-state index contributed by atoms with van der Waals surface area (Å²) < 4.78 is 6.87. The van der Waals surface area contributed by atoms with Crippen LogP contribution >= 0.6 is 11.3 Å². The summed E-state index contributed by atoms with van der Waals surface area (Å²) >= 11 is 1.64. The Kier molecular flexibility index (Phi) is 3.12. The van der Waals surface area contributed by atoms with Crippen LogP contribution in [0.25, 0.3) is 10.6 Å². The molecule has 0 N–H and O–H groups in total. The number of rotatable bonds is 4. The van der Waals surface area contributed by atoms with E-state index < -0.39 is 0 Å². The van der Waals surface area contributed by atoms with Gasteiger partial charge >= 0.3 is 0 Å². The second kappa shape index (κ2) is 4.93. The fourth-order valence-corrected chi connectivity index (χ4v) is 2.30. The predicted molar refractivity (Wildman–Crippen MR) is 70.8 cm³/mol. The van der Waals surface area contributed by atoms with Crippen molar-refractivity contribution >= 4 is 11.3 Å². The summed E-state index contributed by atoms with van der Waals surface area (Å²) in [4.78, 5) is 5.41. The largest absolute Gasteiger partial charge is 0.339 e. The van der Waals surface area contributed by atoms with E-state index in [2.05, 4.69) is 20.5 Å². The van der Waals surface area contributed by atoms with Gasteiger partial charge in [-0.05, 0) is 11.4 Å².